The molecule has 1 aromatic carbocycles. The monoisotopic (exact) mass is 196 g/mol. The van der Waals surface area contributed by atoms with Gasteiger partial charge in [-0.2, -0.15) is 0 Å². The van der Waals surface area contributed by atoms with Crippen LogP contribution in [-0.4, -0.2) is 22.8 Å². The highest BCUT2D eigenvalue weighted by atomic mass is 19.1. The summed E-state index contributed by atoms with van der Waals surface area (Å²) >= 11 is 0. The van der Waals surface area contributed by atoms with Crippen molar-refractivity contribution in [3.8, 4) is 0 Å². The van der Waals surface area contributed by atoms with Gasteiger partial charge in [-0.15, -0.1) is 0 Å². The van der Waals surface area contributed by atoms with Gasteiger partial charge in [0.25, 0.3) is 0 Å². The molecule has 0 heterocycles. The van der Waals surface area contributed by atoms with Gasteiger partial charge in [0.2, 0.25) is 0 Å². The lowest BCUT2D eigenvalue weighted by molar-refractivity contribution is 0.0696. The van der Waals surface area contributed by atoms with Crippen molar-refractivity contribution in [2.45, 2.75) is 0 Å². The molecule has 14 heavy (non-hydrogen) atoms. The summed E-state index contributed by atoms with van der Waals surface area (Å²) in [6.07, 6.45) is 2.82. The van der Waals surface area contributed by atoms with E-state index in [2.05, 4.69) is 0 Å². The van der Waals surface area contributed by atoms with E-state index in [9.17, 15) is 9.18 Å². The Morgan fingerprint density at radius 1 is 1.50 bits per heavy atom. The number of carbonyl (C=O) groups is 1. The minimum absolute atomic E-state index is 0.116. The van der Waals surface area contributed by atoms with E-state index < -0.39 is 11.8 Å². The molecule has 0 aliphatic rings. The molecular formula is C10H9FO3. The number of hydrogen-bond donors (Lipinski definition) is 2. The molecule has 1 rings (SSSR count). The summed E-state index contributed by atoms with van der Waals surface area (Å²) in [4.78, 5) is 10.7. The molecule has 2 N–H and O–H groups in total. The topological polar surface area (TPSA) is 57.5 Å². The fraction of sp³-hybridized carbons (Fsp3) is 0.100. The first-order chi connectivity index (χ1) is 6.65. The van der Waals surface area contributed by atoms with Gasteiger partial charge < -0.3 is 10.2 Å². The van der Waals surface area contributed by atoms with Crippen molar-refractivity contribution >= 4 is 12.0 Å². The Kier molecular flexibility index (Phi) is 3.36. The first kappa shape index (κ1) is 10.4. The second-order valence-corrected chi connectivity index (χ2v) is 2.62. The maximum absolute atomic E-state index is 12.7. The van der Waals surface area contributed by atoms with Crippen molar-refractivity contribution in [2.24, 2.45) is 0 Å². The van der Waals surface area contributed by atoms with Gasteiger partial charge in [0.05, 0.1) is 12.2 Å². The van der Waals surface area contributed by atoms with Crippen LogP contribution in [0.25, 0.3) is 6.08 Å². The molecule has 0 atom stereocenters. The first-order valence-electron chi connectivity index (χ1n) is 3.95. The summed E-state index contributed by atoms with van der Waals surface area (Å²) in [7, 11) is 0. The first-order valence-corrected chi connectivity index (χ1v) is 3.95. The van der Waals surface area contributed by atoms with Crippen molar-refractivity contribution < 1.29 is 19.4 Å². The van der Waals surface area contributed by atoms with Crippen LogP contribution in [0.2, 0.25) is 0 Å². The van der Waals surface area contributed by atoms with Crippen LogP contribution in [0.1, 0.15) is 15.9 Å². The van der Waals surface area contributed by atoms with Crippen molar-refractivity contribution in [2.75, 3.05) is 6.61 Å². The zero-order chi connectivity index (χ0) is 10.6. The van der Waals surface area contributed by atoms with Crippen LogP contribution >= 0.6 is 0 Å². The fourth-order valence-corrected chi connectivity index (χ4v) is 1.04. The highest BCUT2D eigenvalue weighted by molar-refractivity contribution is 5.92. The summed E-state index contributed by atoms with van der Waals surface area (Å²) in [5.41, 5.74) is 0.252. The molecule has 0 bridgehead atoms. The summed E-state index contributed by atoms with van der Waals surface area (Å²) in [6, 6.07) is 3.47. The number of carboxylic acid groups (broad SMARTS) is 1. The van der Waals surface area contributed by atoms with Crippen molar-refractivity contribution in [3.63, 3.8) is 0 Å². The van der Waals surface area contributed by atoms with Crippen LogP contribution in [0.5, 0.6) is 0 Å². The van der Waals surface area contributed by atoms with Crippen LogP contribution < -0.4 is 0 Å². The third kappa shape index (κ3) is 2.40. The predicted molar refractivity (Wildman–Crippen MR) is 49.5 cm³/mol. The third-order valence-corrected chi connectivity index (χ3v) is 1.65. The number of aliphatic hydroxyl groups excluding tert-OH is 1. The normalized spacial score (nSPS) is 10.7. The molecule has 0 aliphatic heterocycles. The average molecular weight is 196 g/mol. The van der Waals surface area contributed by atoms with Gasteiger partial charge in [0.1, 0.15) is 5.82 Å². The van der Waals surface area contributed by atoms with E-state index in [1.165, 1.54) is 24.3 Å². The quantitative estimate of drug-likeness (QED) is 0.770. The van der Waals surface area contributed by atoms with E-state index in [0.29, 0.717) is 5.56 Å². The Labute approximate surface area is 80.1 Å². The Morgan fingerprint density at radius 2 is 2.21 bits per heavy atom. The van der Waals surface area contributed by atoms with Crippen LogP contribution in [0.4, 0.5) is 4.39 Å². The van der Waals surface area contributed by atoms with Crippen molar-refractivity contribution in [1.82, 2.24) is 0 Å². The van der Waals surface area contributed by atoms with Gasteiger partial charge in [0, 0.05) is 0 Å². The van der Waals surface area contributed by atoms with Gasteiger partial charge >= 0.3 is 5.97 Å². The molecule has 0 saturated carbocycles. The SMILES string of the molecule is O=C(O)c1cc(F)ccc1C=CCO. The number of hydrogen-bond acceptors (Lipinski definition) is 2. The zero-order valence-corrected chi connectivity index (χ0v) is 7.27. The molecule has 0 radical (unpaired) electrons. The number of carboxylic acids is 1. The van der Waals surface area contributed by atoms with Crippen LogP contribution in [0.3, 0.4) is 0 Å². The average Bonchev–Trinajstić information content (AvgIpc) is 2.15. The van der Waals surface area contributed by atoms with E-state index in [0.717, 1.165) is 6.07 Å². The minimum atomic E-state index is -1.19. The lowest BCUT2D eigenvalue weighted by Crippen LogP contribution is -2.00. The Bertz CT molecular complexity index is 372. The highest BCUT2D eigenvalue weighted by Crippen LogP contribution is 2.13. The second-order valence-electron chi connectivity index (χ2n) is 2.62. The summed E-state index contributed by atoms with van der Waals surface area (Å²) in [5.74, 6) is -1.79. The molecule has 74 valence electrons. The largest absolute Gasteiger partial charge is 0.478 e. The predicted octanol–water partition coefficient (Wildman–Crippen LogP) is 1.53. The molecule has 0 aliphatic carbocycles. The number of aliphatic hydroxyl groups is 1. The Hall–Kier alpha value is -1.68. The van der Waals surface area contributed by atoms with E-state index in [4.69, 9.17) is 10.2 Å². The number of aromatic carboxylic acids is 1. The maximum Gasteiger partial charge on any atom is 0.336 e. The minimum Gasteiger partial charge on any atom is -0.478 e. The van der Waals surface area contributed by atoms with Gasteiger partial charge in [-0.1, -0.05) is 18.2 Å². The van der Waals surface area contributed by atoms with E-state index in [1.54, 1.807) is 0 Å². The number of rotatable bonds is 3. The molecule has 3 nitrogen and oxygen atoms in total. The van der Waals surface area contributed by atoms with Crippen molar-refractivity contribution in [1.29, 1.82) is 0 Å². The summed E-state index contributed by atoms with van der Waals surface area (Å²) in [5, 5.41) is 17.2. The number of benzene rings is 1. The molecule has 0 amide bonds. The van der Waals surface area contributed by atoms with E-state index in [1.807, 2.05) is 0 Å². The fourth-order valence-electron chi connectivity index (χ4n) is 1.04. The summed E-state index contributed by atoms with van der Waals surface area (Å²) < 4.78 is 12.7. The van der Waals surface area contributed by atoms with Gasteiger partial charge in [-0.3, -0.25) is 0 Å². The lowest BCUT2D eigenvalue weighted by atomic mass is 10.1. The van der Waals surface area contributed by atoms with Crippen LogP contribution in [0, 0.1) is 5.82 Å². The lowest BCUT2D eigenvalue weighted by Gasteiger charge is -2.00. The third-order valence-electron chi connectivity index (χ3n) is 1.65. The smallest absolute Gasteiger partial charge is 0.336 e. The van der Waals surface area contributed by atoms with Crippen molar-refractivity contribution in [3.05, 3.63) is 41.2 Å². The van der Waals surface area contributed by atoms with Gasteiger partial charge in [0.15, 0.2) is 0 Å². The van der Waals surface area contributed by atoms with Gasteiger partial charge in [-0.05, 0) is 17.7 Å². The summed E-state index contributed by atoms with van der Waals surface area (Å²) in [6.45, 7) is -0.184. The highest BCUT2D eigenvalue weighted by Gasteiger charge is 2.08. The Morgan fingerprint density at radius 3 is 2.79 bits per heavy atom. The zero-order valence-electron chi connectivity index (χ0n) is 7.27. The van der Waals surface area contributed by atoms with E-state index in [-0.39, 0.29) is 12.2 Å². The van der Waals surface area contributed by atoms with Crippen LogP contribution in [-0.2, 0) is 0 Å². The molecule has 0 unspecified atom stereocenters. The maximum atomic E-state index is 12.7. The van der Waals surface area contributed by atoms with E-state index >= 15 is 0 Å². The second kappa shape index (κ2) is 4.53. The molecule has 0 spiro atoms. The van der Waals surface area contributed by atoms with Crippen LogP contribution in [0.15, 0.2) is 24.3 Å². The molecule has 4 heteroatoms. The molecule has 0 fully saturated rings. The van der Waals surface area contributed by atoms with Gasteiger partial charge in [-0.25, -0.2) is 9.18 Å². The Balaban J connectivity index is 3.15. The molecule has 0 aromatic heterocycles. The standard InChI is InChI=1S/C10H9FO3/c11-8-4-3-7(2-1-5-12)9(6-8)10(13)14/h1-4,6,12H,5H2,(H,13,14). The molecule has 0 saturated heterocycles. The number of halogens is 1. The molecular weight excluding hydrogens is 187 g/mol. The molecule has 1 aromatic rings.